The van der Waals surface area contributed by atoms with Crippen LogP contribution in [0.15, 0.2) is 0 Å². The maximum atomic E-state index is 12.4. The third-order valence-corrected chi connectivity index (χ3v) is 2.23. The third kappa shape index (κ3) is 7.31. The minimum atomic E-state index is -4.19. The van der Waals surface area contributed by atoms with Gasteiger partial charge in [-0.2, -0.15) is 8.78 Å². The Morgan fingerprint density at radius 1 is 1.35 bits per heavy atom. The first-order valence-electron chi connectivity index (χ1n) is 5.55. The zero-order valence-electron chi connectivity index (χ0n) is 10.0. The van der Waals surface area contributed by atoms with E-state index in [9.17, 15) is 22.4 Å². The van der Waals surface area contributed by atoms with Crippen molar-refractivity contribution >= 4 is 5.78 Å². The van der Waals surface area contributed by atoms with Crippen LogP contribution in [0.25, 0.3) is 0 Å². The predicted octanol–water partition coefficient (Wildman–Crippen LogP) is 3.30. The van der Waals surface area contributed by atoms with Gasteiger partial charge < -0.3 is 4.74 Å². The van der Waals surface area contributed by atoms with Crippen molar-refractivity contribution in [2.75, 3.05) is 13.2 Å². The van der Waals surface area contributed by atoms with Gasteiger partial charge in [-0.3, -0.25) is 4.79 Å². The van der Waals surface area contributed by atoms with Gasteiger partial charge in [-0.1, -0.05) is 26.7 Å². The Hall–Kier alpha value is -0.650. The maximum absolute atomic E-state index is 12.4. The normalized spacial score (nSPS) is 14.1. The molecule has 17 heavy (non-hydrogen) atoms. The average Bonchev–Trinajstić information content (AvgIpc) is 2.16. The van der Waals surface area contributed by atoms with Crippen LogP contribution in [-0.4, -0.2) is 31.3 Å². The molecule has 1 atom stereocenters. The Balaban J connectivity index is 3.79. The van der Waals surface area contributed by atoms with Crippen molar-refractivity contribution in [3.05, 3.63) is 0 Å². The van der Waals surface area contributed by atoms with E-state index in [1.165, 1.54) is 0 Å². The van der Waals surface area contributed by atoms with Crippen molar-refractivity contribution < 1.29 is 27.1 Å². The standard InChI is InChI=1S/C11H18F4O2/c1-3-4-8(2)5-9(16)6-17-7-11(14,15)10(12)13/h8,10H,3-7H2,1-2H3. The SMILES string of the molecule is CCCC(C)CC(=O)COCC(F)(F)C(F)F. The first-order chi connectivity index (χ1) is 7.79. The first kappa shape index (κ1) is 16.4. The smallest absolute Gasteiger partial charge is 0.330 e. The molecule has 0 saturated carbocycles. The average molecular weight is 258 g/mol. The van der Waals surface area contributed by atoms with Gasteiger partial charge in [0.15, 0.2) is 5.78 Å². The van der Waals surface area contributed by atoms with Crippen molar-refractivity contribution in [3.63, 3.8) is 0 Å². The third-order valence-electron chi connectivity index (χ3n) is 2.23. The molecule has 0 aliphatic rings. The van der Waals surface area contributed by atoms with Crippen LogP contribution in [0.3, 0.4) is 0 Å². The van der Waals surface area contributed by atoms with Crippen LogP contribution >= 0.6 is 0 Å². The van der Waals surface area contributed by atoms with Gasteiger partial charge in [-0.25, -0.2) is 8.78 Å². The lowest BCUT2D eigenvalue weighted by Crippen LogP contribution is -2.33. The Morgan fingerprint density at radius 2 is 1.94 bits per heavy atom. The topological polar surface area (TPSA) is 26.3 Å². The fourth-order valence-electron chi connectivity index (χ4n) is 1.41. The van der Waals surface area contributed by atoms with E-state index in [1.807, 2.05) is 13.8 Å². The monoisotopic (exact) mass is 258 g/mol. The van der Waals surface area contributed by atoms with Gasteiger partial charge in [-0.05, 0) is 5.92 Å². The summed E-state index contributed by atoms with van der Waals surface area (Å²) in [6.07, 6.45) is -1.75. The molecule has 0 fully saturated rings. The summed E-state index contributed by atoms with van der Waals surface area (Å²) in [5.74, 6) is -4.36. The second kappa shape index (κ2) is 7.63. The zero-order valence-corrected chi connectivity index (χ0v) is 10.0. The molecule has 2 nitrogen and oxygen atoms in total. The molecule has 0 bridgehead atoms. The number of ether oxygens (including phenoxy) is 1. The van der Waals surface area contributed by atoms with E-state index >= 15 is 0 Å². The number of hydrogen-bond acceptors (Lipinski definition) is 2. The van der Waals surface area contributed by atoms with E-state index in [1.54, 1.807) is 0 Å². The zero-order chi connectivity index (χ0) is 13.5. The summed E-state index contributed by atoms with van der Waals surface area (Å²) >= 11 is 0. The summed E-state index contributed by atoms with van der Waals surface area (Å²) in [5.41, 5.74) is 0. The highest BCUT2D eigenvalue weighted by Crippen LogP contribution is 2.22. The maximum Gasteiger partial charge on any atom is 0.330 e. The van der Waals surface area contributed by atoms with Gasteiger partial charge in [0.25, 0.3) is 0 Å². The summed E-state index contributed by atoms with van der Waals surface area (Å²) in [5, 5.41) is 0. The van der Waals surface area contributed by atoms with Gasteiger partial charge in [0.2, 0.25) is 0 Å². The van der Waals surface area contributed by atoms with Crippen LogP contribution in [-0.2, 0) is 9.53 Å². The van der Waals surface area contributed by atoms with Gasteiger partial charge in [-0.15, -0.1) is 0 Å². The highest BCUT2D eigenvalue weighted by atomic mass is 19.3. The lowest BCUT2D eigenvalue weighted by Gasteiger charge is -2.15. The number of hydrogen-bond donors (Lipinski definition) is 0. The molecule has 0 rings (SSSR count). The highest BCUT2D eigenvalue weighted by Gasteiger charge is 2.41. The molecular formula is C11H18F4O2. The molecule has 0 N–H and O–H groups in total. The number of halogens is 4. The molecule has 0 radical (unpaired) electrons. The van der Waals surface area contributed by atoms with Crippen molar-refractivity contribution in [1.82, 2.24) is 0 Å². The molecule has 0 aromatic heterocycles. The number of alkyl halides is 4. The van der Waals surface area contributed by atoms with Gasteiger partial charge in [0.1, 0.15) is 13.2 Å². The molecule has 0 aromatic rings. The molecule has 0 spiro atoms. The van der Waals surface area contributed by atoms with Crippen LogP contribution in [0.1, 0.15) is 33.1 Å². The lowest BCUT2D eigenvalue weighted by molar-refractivity contribution is -0.168. The minimum Gasteiger partial charge on any atom is -0.367 e. The molecule has 0 aliphatic carbocycles. The molecule has 0 amide bonds. The molecule has 0 aliphatic heterocycles. The number of carbonyl (C=O) groups excluding carboxylic acids is 1. The quantitative estimate of drug-likeness (QED) is 0.593. The molecule has 0 aromatic carbocycles. The van der Waals surface area contributed by atoms with E-state index < -0.39 is 25.6 Å². The number of carbonyl (C=O) groups is 1. The van der Waals surface area contributed by atoms with E-state index in [4.69, 9.17) is 0 Å². The van der Waals surface area contributed by atoms with Gasteiger partial charge in [0.05, 0.1) is 0 Å². The predicted molar refractivity (Wildman–Crippen MR) is 55.5 cm³/mol. The fraction of sp³-hybridized carbons (Fsp3) is 0.909. The number of ketones is 1. The fourth-order valence-corrected chi connectivity index (χ4v) is 1.41. The van der Waals surface area contributed by atoms with Gasteiger partial charge in [0, 0.05) is 6.42 Å². The van der Waals surface area contributed by atoms with E-state index in [-0.39, 0.29) is 18.1 Å². The summed E-state index contributed by atoms with van der Waals surface area (Å²) in [4.78, 5) is 11.2. The Bertz CT molecular complexity index is 232. The first-order valence-corrected chi connectivity index (χ1v) is 5.55. The van der Waals surface area contributed by atoms with E-state index in [0.717, 1.165) is 12.8 Å². The molecule has 102 valence electrons. The van der Waals surface area contributed by atoms with Crippen molar-refractivity contribution in [1.29, 1.82) is 0 Å². The van der Waals surface area contributed by atoms with Crippen LogP contribution in [0.5, 0.6) is 0 Å². The second-order valence-electron chi connectivity index (χ2n) is 4.19. The number of rotatable bonds is 9. The van der Waals surface area contributed by atoms with Crippen LogP contribution < -0.4 is 0 Å². The summed E-state index contributed by atoms with van der Waals surface area (Å²) in [6, 6.07) is 0. The largest absolute Gasteiger partial charge is 0.367 e. The molecule has 0 heterocycles. The Labute approximate surface area is 98.3 Å². The van der Waals surface area contributed by atoms with E-state index in [0.29, 0.717) is 0 Å². The molecule has 1 unspecified atom stereocenters. The second-order valence-corrected chi connectivity index (χ2v) is 4.19. The lowest BCUT2D eigenvalue weighted by atomic mass is 10.00. The van der Waals surface area contributed by atoms with Crippen molar-refractivity contribution in [3.8, 4) is 0 Å². The Morgan fingerprint density at radius 3 is 2.41 bits per heavy atom. The van der Waals surface area contributed by atoms with Crippen molar-refractivity contribution in [2.24, 2.45) is 5.92 Å². The highest BCUT2D eigenvalue weighted by molar-refractivity contribution is 5.79. The van der Waals surface area contributed by atoms with Gasteiger partial charge >= 0.3 is 12.3 Å². The summed E-state index contributed by atoms with van der Waals surface area (Å²) < 4.78 is 52.6. The van der Waals surface area contributed by atoms with Crippen LogP contribution in [0, 0.1) is 5.92 Å². The van der Waals surface area contributed by atoms with Crippen LogP contribution in [0.2, 0.25) is 0 Å². The minimum absolute atomic E-state index is 0.159. The van der Waals surface area contributed by atoms with Crippen LogP contribution in [0.4, 0.5) is 17.6 Å². The molecule has 6 heteroatoms. The Kier molecular flexibility index (Phi) is 7.34. The summed E-state index contributed by atoms with van der Waals surface area (Å²) in [6.45, 7) is 1.89. The summed E-state index contributed by atoms with van der Waals surface area (Å²) in [7, 11) is 0. The van der Waals surface area contributed by atoms with E-state index in [2.05, 4.69) is 4.74 Å². The molecule has 0 saturated heterocycles. The number of Topliss-reactive ketones (excluding diaryl/α,β-unsaturated/α-hetero) is 1. The van der Waals surface area contributed by atoms with Crippen molar-refractivity contribution in [2.45, 2.75) is 45.5 Å². The molecular weight excluding hydrogens is 240 g/mol.